The number of carbonyl (C=O) groups is 1. The predicted octanol–water partition coefficient (Wildman–Crippen LogP) is 2.51. The molecule has 3 rings (SSSR count). The normalized spacial score (nSPS) is 12.2. The Balaban J connectivity index is 2.16. The van der Waals surface area contributed by atoms with Gasteiger partial charge in [0.25, 0.3) is 5.56 Å². The molecule has 6 nitrogen and oxygen atoms in total. The van der Waals surface area contributed by atoms with Crippen molar-refractivity contribution in [2.24, 2.45) is 0 Å². The second kappa shape index (κ2) is 7.90. The first kappa shape index (κ1) is 20.3. The van der Waals surface area contributed by atoms with Gasteiger partial charge in [-0.1, -0.05) is 13.0 Å². The van der Waals surface area contributed by atoms with Crippen LogP contribution < -0.4 is 16.6 Å². The molecule has 3 aromatic rings. The number of aromatic nitrogens is 2. The number of fused-ring (bicyclic) bond motifs is 1. The van der Waals surface area contributed by atoms with Crippen molar-refractivity contribution in [1.29, 1.82) is 0 Å². The van der Waals surface area contributed by atoms with Crippen molar-refractivity contribution >= 4 is 16.8 Å². The van der Waals surface area contributed by atoms with E-state index in [1.807, 2.05) is 0 Å². The maximum Gasteiger partial charge on any atom is 0.328 e. The Hall–Kier alpha value is -3.43. The molecule has 1 atom stereocenters. The third-order valence-electron chi connectivity index (χ3n) is 4.40. The zero-order chi connectivity index (χ0) is 21.3. The first-order valence-corrected chi connectivity index (χ1v) is 8.58. The van der Waals surface area contributed by atoms with Gasteiger partial charge in [0, 0.05) is 18.1 Å². The summed E-state index contributed by atoms with van der Waals surface area (Å²) in [4.78, 5) is 39.1. The highest BCUT2D eigenvalue weighted by Crippen LogP contribution is 2.20. The van der Waals surface area contributed by atoms with E-state index in [1.54, 1.807) is 0 Å². The first-order valence-electron chi connectivity index (χ1n) is 8.58. The van der Waals surface area contributed by atoms with E-state index in [0.29, 0.717) is 10.6 Å². The van der Waals surface area contributed by atoms with Crippen molar-refractivity contribution in [3.63, 3.8) is 0 Å². The van der Waals surface area contributed by atoms with Gasteiger partial charge in [0.1, 0.15) is 17.0 Å². The van der Waals surface area contributed by atoms with Gasteiger partial charge < -0.3 is 10.3 Å². The number of carbonyl (C=O) groups excluding carboxylic acids is 1. The molecule has 1 heterocycles. The number of nitrogens with one attached hydrogen (secondary N) is 2. The van der Waals surface area contributed by atoms with Crippen LogP contribution in [0.4, 0.5) is 17.6 Å². The molecular weight excluding hydrogens is 394 g/mol. The summed E-state index contributed by atoms with van der Waals surface area (Å²) >= 11 is 0. The van der Waals surface area contributed by atoms with E-state index in [1.165, 1.54) is 6.92 Å². The molecule has 2 aromatic carbocycles. The van der Waals surface area contributed by atoms with Gasteiger partial charge >= 0.3 is 5.69 Å². The van der Waals surface area contributed by atoms with Crippen molar-refractivity contribution in [2.45, 2.75) is 25.9 Å². The number of benzene rings is 2. The molecule has 0 fully saturated rings. The SMILES string of the molecule is CCC(=O)N[C@H](Cn1c(=O)[nH]c2ccc(F)c(F)c2c1=O)c1ccc(F)cc1F. The molecular formula is C19H15F4N3O3. The molecule has 0 aliphatic heterocycles. The fraction of sp³-hybridized carbons (Fsp3) is 0.211. The van der Waals surface area contributed by atoms with Gasteiger partial charge in [-0.2, -0.15) is 0 Å². The van der Waals surface area contributed by atoms with Gasteiger partial charge in [-0.3, -0.25) is 14.2 Å². The van der Waals surface area contributed by atoms with Crippen molar-refractivity contribution in [1.82, 2.24) is 14.9 Å². The van der Waals surface area contributed by atoms with Crippen LogP contribution in [-0.2, 0) is 11.3 Å². The lowest BCUT2D eigenvalue weighted by Crippen LogP contribution is -2.41. The minimum absolute atomic E-state index is 0.0160. The molecule has 152 valence electrons. The molecule has 10 heteroatoms. The molecule has 0 radical (unpaired) electrons. The summed E-state index contributed by atoms with van der Waals surface area (Å²) in [5, 5.41) is 1.75. The summed E-state index contributed by atoms with van der Waals surface area (Å²) in [6.07, 6.45) is 0.0160. The van der Waals surface area contributed by atoms with Gasteiger partial charge in [0.2, 0.25) is 5.91 Å². The molecule has 1 aromatic heterocycles. The quantitative estimate of drug-likeness (QED) is 0.636. The third kappa shape index (κ3) is 3.91. The zero-order valence-corrected chi connectivity index (χ0v) is 15.1. The molecule has 0 bridgehead atoms. The summed E-state index contributed by atoms with van der Waals surface area (Å²) in [6, 6.07) is 3.16. The van der Waals surface area contributed by atoms with Crippen LogP contribution in [0, 0.1) is 23.3 Å². The van der Waals surface area contributed by atoms with Crippen LogP contribution in [0.2, 0.25) is 0 Å². The van der Waals surface area contributed by atoms with E-state index < -0.39 is 58.4 Å². The molecule has 1 amide bonds. The minimum Gasteiger partial charge on any atom is -0.347 e. The highest BCUT2D eigenvalue weighted by molar-refractivity contribution is 5.78. The van der Waals surface area contributed by atoms with Crippen molar-refractivity contribution < 1.29 is 22.4 Å². The third-order valence-corrected chi connectivity index (χ3v) is 4.40. The Morgan fingerprint density at radius 2 is 1.83 bits per heavy atom. The highest BCUT2D eigenvalue weighted by Gasteiger charge is 2.22. The van der Waals surface area contributed by atoms with E-state index in [9.17, 15) is 31.9 Å². The van der Waals surface area contributed by atoms with Gasteiger partial charge in [0.15, 0.2) is 11.6 Å². The number of rotatable bonds is 5. The predicted molar refractivity (Wildman–Crippen MR) is 96.3 cm³/mol. The number of hydrogen-bond acceptors (Lipinski definition) is 3. The minimum atomic E-state index is -1.44. The van der Waals surface area contributed by atoms with Gasteiger partial charge in [0.05, 0.1) is 18.1 Å². The lowest BCUT2D eigenvalue weighted by molar-refractivity contribution is -0.121. The summed E-state index contributed by atoms with van der Waals surface area (Å²) in [5.41, 5.74) is -2.51. The summed E-state index contributed by atoms with van der Waals surface area (Å²) in [5.74, 6) is -5.12. The number of amides is 1. The lowest BCUT2D eigenvalue weighted by atomic mass is 10.1. The Kier molecular flexibility index (Phi) is 5.53. The van der Waals surface area contributed by atoms with Crippen LogP contribution in [0.1, 0.15) is 24.9 Å². The molecule has 0 unspecified atom stereocenters. The fourth-order valence-electron chi connectivity index (χ4n) is 2.92. The number of aromatic amines is 1. The van der Waals surface area contributed by atoms with Crippen molar-refractivity contribution in [3.8, 4) is 0 Å². The van der Waals surface area contributed by atoms with E-state index in [4.69, 9.17) is 0 Å². The average Bonchev–Trinajstić information content (AvgIpc) is 2.67. The van der Waals surface area contributed by atoms with Crippen LogP contribution in [0.5, 0.6) is 0 Å². The van der Waals surface area contributed by atoms with E-state index in [2.05, 4.69) is 10.3 Å². The summed E-state index contributed by atoms with van der Waals surface area (Å²) < 4.78 is 55.7. The van der Waals surface area contributed by atoms with Crippen molar-refractivity contribution in [2.75, 3.05) is 0 Å². The maximum absolute atomic E-state index is 14.3. The van der Waals surface area contributed by atoms with E-state index in [0.717, 1.165) is 24.3 Å². The number of H-pyrrole nitrogens is 1. The van der Waals surface area contributed by atoms with Gasteiger partial charge in [-0.15, -0.1) is 0 Å². The monoisotopic (exact) mass is 409 g/mol. The largest absolute Gasteiger partial charge is 0.347 e. The zero-order valence-electron chi connectivity index (χ0n) is 15.1. The van der Waals surface area contributed by atoms with Gasteiger partial charge in [-0.25, -0.2) is 22.4 Å². The van der Waals surface area contributed by atoms with Crippen LogP contribution in [0.3, 0.4) is 0 Å². The van der Waals surface area contributed by atoms with Crippen LogP contribution in [0.15, 0.2) is 39.9 Å². The Morgan fingerprint density at radius 3 is 2.48 bits per heavy atom. The topological polar surface area (TPSA) is 84.0 Å². The summed E-state index contributed by atoms with van der Waals surface area (Å²) in [6.45, 7) is 0.939. The first-order chi connectivity index (χ1) is 13.7. The van der Waals surface area contributed by atoms with Crippen LogP contribution in [0.25, 0.3) is 10.9 Å². The fourth-order valence-corrected chi connectivity index (χ4v) is 2.92. The van der Waals surface area contributed by atoms with E-state index >= 15 is 0 Å². The van der Waals surface area contributed by atoms with Gasteiger partial charge in [-0.05, 0) is 18.2 Å². The Labute approximate surface area is 160 Å². The highest BCUT2D eigenvalue weighted by atomic mass is 19.2. The molecule has 0 spiro atoms. The van der Waals surface area contributed by atoms with Crippen LogP contribution >= 0.6 is 0 Å². The van der Waals surface area contributed by atoms with Crippen LogP contribution in [-0.4, -0.2) is 15.5 Å². The second-order valence-electron chi connectivity index (χ2n) is 6.27. The van der Waals surface area contributed by atoms with Crippen molar-refractivity contribution in [3.05, 3.63) is 80.0 Å². The lowest BCUT2D eigenvalue weighted by Gasteiger charge is -2.20. The number of hydrogen-bond donors (Lipinski definition) is 2. The molecule has 0 saturated heterocycles. The molecule has 0 aliphatic carbocycles. The standard InChI is InChI=1S/C19H15F4N3O3/c1-2-15(27)24-14(10-4-3-9(20)7-12(10)22)8-26-18(28)16-13(25-19(26)29)6-5-11(21)17(16)23/h3-7,14H,2,8H2,1H3,(H,24,27)(H,25,29)/t14-/m1/s1. The Morgan fingerprint density at radius 1 is 1.10 bits per heavy atom. The average molecular weight is 409 g/mol. The number of nitrogens with zero attached hydrogens (tertiary/aromatic N) is 1. The summed E-state index contributed by atoms with van der Waals surface area (Å²) in [7, 11) is 0. The maximum atomic E-state index is 14.3. The molecule has 0 saturated carbocycles. The molecule has 0 aliphatic rings. The van der Waals surface area contributed by atoms with E-state index in [-0.39, 0.29) is 17.5 Å². The Bertz CT molecular complexity index is 1220. The molecule has 2 N–H and O–H groups in total. The number of halogens is 4. The second-order valence-corrected chi connectivity index (χ2v) is 6.27. The smallest absolute Gasteiger partial charge is 0.328 e. The molecule has 29 heavy (non-hydrogen) atoms.